The van der Waals surface area contributed by atoms with Gasteiger partial charge < -0.3 is 4.74 Å². The number of nitriles is 1. The van der Waals surface area contributed by atoms with Gasteiger partial charge in [-0.1, -0.05) is 6.92 Å². The lowest BCUT2D eigenvalue weighted by atomic mass is 10.0. The van der Waals surface area contributed by atoms with Crippen LogP contribution in [0.4, 0.5) is 0 Å². The summed E-state index contributed by atoms with van der Waals surface area (Å²) < 4.78 is 7.58. The minimum absolute atomic E-state index is 0.0120. The second kappa shape index (κ2) is 3.82. The van der Waals surface area contributed by atoms with E-state index in [0.717, 1.165) is 18.9 Å². The van der Waals surface area contributed by atoms with Crippen molar-refractivity contribution >= 4 is 5.65 Å². The molecule has 0 aliphatic carbocycles. The highest BCUT2D eigenvalue weighted by Gasteiger charge is 2.29. The zero-order valence-corrected chi connectivity index (χ0v) is 9.50. The Morgan fingerprint density at radius 3 is 3.12 bits per heavy atom. The van der Waals surface area contributed by atoms with E-state index in [1.54, 1.807) is 12.1 Å². The summed E-state index contributed by atoms with van der Waals surface area (Å²) in [5, 5.41) is 17.1. The van der Waals surface area contributed by atoms with Crippen molar-refractivity contribution in [1.29, 1.82) is 5.26 Å². The molecule has 2 unspecified atom stereocenters. The summed E-state index contributed by atoms with van der Waals surface area (Å²) in [7, 11) is 0. The van der Waals surface area contributed by atoms with Crippen LogP contribution in [0.15, 0.2) is 18.3 Å². The summed E-state index contributed by atoms with van der Waals surface area (Å²) in [5.74, 6) is 1.28. The zero-order chi connectivity index (χ0) is 11.8. The van der Waals surface area contributed by atoms with Gasteiger partial charge in [-0.3, -0.25) is 4.40 Å². The third-order valence-corrected chi connectivity index (χ3v) is 3.21. The second-order valence-corrected chi connectivity index (χ2v) is 4.37. The number of pyridine rings is 1. The van der Waals surface area contributed by atoms with E-state index in [1.165, 1.54) is 0 Å². The summed E-state index contributed by atoms with van der Waals surface area (Å²) in [6.07, 6.45) is 2.89. The molecule has 5 heteroatoms. The molecule has 2 atom stereocenters. The normalized spacial score (nSPS) is 24.0. The summed E-state index contributed by atoms with van der Waals surface area (Å²) in [6, 6.07) is 5.59. The van der Waals surface area contributed by atoms with E-state index in [1.807, 2.05) is 10.6 Å². The Balaban J connectivity index is 2.09. The average molecular weight is 228 g/mol. The fraction of sp³-hybridized carbons (Fsp3) is 0.417. The van der Waals surface area contributed by atoms with Crippen molar-refractivity contribution in [2.45, 2.75) is 19.4 Å². The standard InChI is InChI=1S/C12H12N4O/c1-8-3-5-17-11(8)12-15-14-10-6-9(7-13)2-4-16(10)12/h2,4,6,8,11H,3,5H2,1H3. The smallest absolute Gasteiger partial charge is 0.166 e. The van der Waals surface area contributed by atoms with Gasteiger partial charge in [0.15, 0.2) is 11.5 Å². The summed E-state index contributed by atoms with van der Waals surface area (Å²) in [6.45, 7) is 2.93. The fourth-order valence-electron chi connectivity index (χ4n) is 2.20. The predicted molar refractivity (Wildman–Crippen MR) is 60.2 cm³/mol. The Morgan fingerprint density at radius 1 is 1.53 bits per heavy atom. The molecule has 0 aromatic carbocycles. The third kappa shape index (κ3) is 1.58. The van der Waals surface area contributed by atoms with E-state index in [9.17, 15) is 0 Å². The van der Waals surface area contributed by atoms with Gasteiger partial charge in [-0.05, 0) is 18.4 Å². The molecule has 0 saturated carbocycles. The van der Waals surface area contributed by atoms with Gasteiger partial charge >= 0.3 is 0 Å². The Morgan fingerprint density at radius 2 is 2.41 bits per heavy atom. The molecule has 5 nitrogen and oxygen atoms in total. The quantitative estimate of drug-likeness (QED) is 0.745. The van der Waals surface area contributed by atoms with Gasteiger partial charge in [0.05, 0.1) is 11.6 Å². The first-order valence-electron chi connectivity index (χ1n) is 5.66. The molecule has 1 aliphatic rings. The predicted octanol–water partition coefficient (Wildman–Crippen LogP) is 1.70. The number of ether oxygens (including phenoxy) is 1. The van der Waals surface area contributed by atoms with E-state index < -0.39 is 0 Å². The first kappa shape index (κ1) is 10.2. The largest absolute Gasteiger partial charge is 0.370 e. The van der Waals surface area contributed by atoms with E-state index in [2.05, 4.69) is 23.2 Å². The number of rotatable bonds is 1. The Hall–Kier alpha value is -1.93. The van der Waals surface area contributed by atoms with Gasteiger partial charge in [0.1, 0.15) is 6.10 Å². The number of aromatic nitrogens is 3. The molecule has 0 radical (unpaired) electrons. The van der Waals surface area contributed by atoms with Crippen LogP contribution in [-0.4, -0.2) is 21.2 Å². The highest BCUT2D eigenvalue weighted by atomic mass is 16.5. The molecule has 1 saturated heterocycles. The lowest BCUT2D eigenvalue weighted by Crippen LogP contribution is -2.08. The zero-order valence-electron chi connectivity index (χ0n) is 9.50. The van der Waals surface area contributed by atoms with Crippen molar-refractivity contribution in [3.05, 3.63) is 29.7 Å². The van der Waals surface area contributed by atoms with Crippen LogP contribution < -0.4 is 0 Å². The van der Waals surface area contributed by atoms with E-state index >= 15 is 0 Å². The lowest BCUT2D eigenvalue weighted by molar-refractivity contribution is 0.0865. The summed E-state index contributed by atoms with van der Waals surface area (Å²) >= 11 is 0. The van der Waals surface area contributed by atoms with Gasteiger partial charge in [-0.2, -0.15) is 5.26 Å². The van der Waals surface area contributed by atoms with Gasteiger partial charge in [0.25, 0.3) is 0 Å². The SMILES string of the molecule is CC1CCOC1c1nnc2cc(C#N)ccn12. The molecule has 3 heterocycles. The second-order valence-electron chi connectivity index (χ2n) is 4.37. The third-order valence-electron chi connectivity index (χ3n) is 3.21. The van der Waals surface area contributed by atoms with Crippen molar-refractivity contribution in [3.63, 3.8) is 0 Å². The van der Waals surface area contributed by atoms with E-state index in [-0.39, 0.29) is 6.10 Å². The molecule has 0 spiro atoms. The number of hydrogen-bond acceptors (Lipinski definition) is 4. The number of hydrogen-bond donors (Lipinski definition) is 0. The molecule has 86 valence electrons. The molecule has 0 N–H and O–H groups in total. The highest BCUT2D eigenvalue weighted by Crippen LogP contribution is 2.32. The van der Waals surface area contributed by atoms with Crippen LogP contribution in [0.3, 0.4) is 0 Å². The van der Waals surface area contributed by atoms with Gasteiger partial charge in [-0.25, -0.2) is 0 Å². The fourth-order valence-corrected chi connectivity index (χ4v) is 2.20. The van der Waals surface area contributed by atoms with Crippen molar-refractivity contribution in [1.82, 2.24) is 14.6 Å². The van der Waals surface area contributed by atoms with Crippen molar-refractivity contribution in [3.8, 4) is 6.07 Å². The lowest BCUT2D eigenvalue weighted by Gasteiger charge is -2.12. The van der Waals surface area contributed by atoms with Crippen LogP contribution in [0, 0.1) is 17.2 Å². The molecule has 1 aliphatic heterocycles. The highest BCUT2D eigenvalue weighted by molar-refractivity contribution is 5.45. The van der Waals surface area contributed by atoms with E-state index in [0.29, 0.717) is 17.1 Å². The Bertz CT molecular complexity index is 598. The molecular weight excluding hydrogens is 216 g/mol. The summed E-state index contributed by atoms with van der Waals surface area (Å²) in [5.41, 5.74) is 1.29. The molecule has 17 heavy (non-hydrogen) atoms. The topological polar surface area (TPSA) is 63.2 Å². The van der Waals surface area contributed by atoms with Gasteiger partial charge in [-0.15, -0.1) is 10.2 Å². The van der Waals surface area contributed by atoms with Crippen LogP contribution in [0.2, 0.25) is 0 Å². The molecule has 0 bridgehead atoms. The van der Waals surface area contributed by atoms with Crippen molar-refractivity contribution in [2.24, 2.45) is 5.92 Å². The Kier molecular flexibility index (Phi) is 2.30. The molecule has 0 amide bonds. The number of nitrogens with zero attached hydrogens (tertiary/aromatic N) is 4. The minimum atomic E-state index is 0.0120. The van der Waals surface area contributed by atoms with Crippen LogP contribution in [0.25, 0.3) is 5.65 Å². The molecule has 1 fully saturated rings. The monoisotopic (exact) mass is 228 g/mol. The molecule has 2 aromatic heterocycles. The number of fused-ring (bicyclic) bond motifs is 1. The van der Waals surface area contributed by atoms with Gasteiger partial charge in [0, 0.05) is 18.9 Å². The maximum Gasteiger partial charge on any atom is 0.166 e. The molecule has 2 aromatic rings. The molecular formula is C12H12N4O. The first-order chi connectivity index (χ1) is 8.29. The molecule has 3 rings (SSSR count). The van der Waals surface area contributed by atoms with Crippen LogP contribution in [0.5, 0.6) is 0 Å². The maximum atomic E-state index is 8.83. The average Bonchev–Trinajstić information content (AvgIpc) is 2.94. The minimum Gasteiger partial charge on any atom is -0.370 e. The van der Waals surface area contributed by atoms with Gasteiger partial charge in [0.2, 0.25) is 0 Å². The van der Waals surface area contributed by atoms with Crippen LogP contribution >= 0.6 is 0 Å². The van der Waals surface area contributed by atoms with Crippen LogP contribution in [0.1, 0.15) is 30.8 Å². The first-order valence-corrected chi connectivity index (χ1v) is 5.66. The maximum absolute atomic E-state index is 8.83. The van der Waals surface area contributed by atoms with E-state index in [4.69, 9.17) is 10.00 Å². The van der Waals surface area contributed by atoms with Crippen LogP contribution in [-0.2, 0) is 4.74 Å². The Labute approximate surface area is 98.6 Å². The van der Waals surface area contributed by atoms with Crippen molar-refractivity contribution < 1.29 is 4.74 Å². The summed E-state index contributed by atoms with van der Waals surface area (Å²) in [4.78, 5) is 0. The van der Waals surface area contributed by atoms with Crippen molar-refractivity contribution in [2.75, 3.05) is 6.61 Å².